The van der Waals surface area contributed by atoms with E-state index < -0.39 is 6.10 Å². The quantitative estimate of drug-likeness (QED) is 0.878. The van der Waals surface area contributed by atoms with Crippen LogP contribution in [-0.4, -0.2) is 11.7 Å². The smallest absolute Gasteiger partial charge is 0.0912 e. The Morgan fingerprint density at radius 1 is 0.842 bits per heavy atom. The summed E-state index contributed by atoms with van der Waals surface area (Å²) < 4.78 is 0. The van der Waals surface area contributed by atoms with Gasteiger partial charge in [0.15, 0.2) is 0 Å². The number of aliphatic hydroxyl groups is 1. The van der Waals surface area contributed by atoms with Crippen molar-refractivity contribution in [2.75, 3.05) is 6.54 Å². The van der Waals surface area contributed by atoms with Crippen LogP contribution in [0.4, 0.5) is 0 Å². The molecule has 0 radical (unpaired) electrons. The Labute approximate surface area is 114 Å². The standard InChI is InChI=1S/C17H21NO/c1-12(2)13-3-5-14(6-4-13)15-7-9-16(10-8-15)17(19)11-18/h3-10,12,17,19H,11,18H2,1-2H3. The Balaban J connectivity index is 2.22. The molecule has 3 N–H and O–H groups in total. The van der Waals surface area contributed by atoms with Crippen LogP contribution in [0, 0.1) is 0 Å². The van der Waals surface area contributed by atoms with Gasteiger partial charge in [-0.25, -0.2) is 0 Å². The fraction of sp³-hybridized carbons (Fsp3) is 0.294. The predicted molar refractivity (Wildman–Crippen MR) is 80.0 cm³/mol. The average molecular weight is 255 g/mol. The summed E-state index contributed by atoms with van der Waals surface area (Å²) in [6.07, 6.45) is -0.572. The van der Waals surface area contributed by atoms with Gasteiger partial charge < -0.3 is 10.8 Å². The summed E-state index contributed by atoms with van der Waals surface area (Å²) in [7, 11) is 0. The lowest BCUT2D eigenvalue weighted by Crippen LogP contribution is -2.11. The van der Waals surface area contributed by atoms with Crippen molar-refractivity contribution in [2.24, 2.45) is 5.73 Å². The first-order valence-electron chi connectivity index (χ1n) is 6.70. The highest BCUT2D eigenvalue weighted by Crippen LogP contribution is 2.24. The Morgan fingerprint density at radius 3 is 1.63 bits per heavy atom. The van der Waals surface area contributed by atoms with E-state index in [1.807, 2.05) is 24.3 Å². The van der Waals surface area contributed by atoms with E-state index in [0.29, 0.717) is 5.92 Å². The molecule has 0 fully saturated rings. The molecule has 2 nitrogen and oxygen atoms in total. The van der Waals surface area contributed by atoms with E-state index in [1.165, 1.54) is 11.1 Å². The summed E-state index contributed by atoms with van der Waals surface area (Å²) in [5, 5.41) is 9.66. The lowest BCUT2D eigenvalue weighted by atomic mass is 9.98. The van der Waals surface area contributed by atoms with Crippen molar-refractivity contribution in [1.29, 1.82) is 0 Å². The molecule has 0 aliphatic rings. The highest BCUT2D eigenvalue weighted by Gasteiger charge is 2.05. The number of hydrogen-bond acceptors (Lipinski definition) is 2. The van der Waals surface area contributed by atoms with E-state index in [1.54, 1.807) is 0 Å². The topological polar surface area (TPSA) is 46.2 Å². The molecule has 2 heteroatoms. The zero-order valence-electron chi connectivity index (χ0n) is 11.5. The number of benzene rings is 2. The molecule has 2 aromatic carbocycles. The van der Waals surface area contributed by atoms with Crippen molar-refractivity contribution < 1.29 is 5.11 Å². The first kappa shape index (κ1) is 13.8. The maximum absolute atomic E-state index is 9.66. The Kier molecular flexibility index (Phi) is 4.35. The van der Waals surface area contributed by atoms with Crippen LogP contribution < -0.4 is 5.73 Å². The minimum Gasteiger partial charge on any atom is -0.387 e. The number of aliphatic hydroxyl groups excluding tert-OH is 1. The van der Waals surface area contributed by atoms with Crippen LogP contribution in [0.1, 0.15) is 37.0 Å². The van der Waals surface area contributed by atoms with Crippen molar-refractivity contribution in [3.05, 3.63) is 59.7 Å². The van der Waals surface area contributed by atoms with Gasteiger partial charge in [-0.2, -0.15) is 0 Å². The number of nitrogens with two attached hydrogens (primary N) is 1. The number of rotatable bonds is 4. The molecule has 1 unspecified atom stereocenters. The van der Waals surface area contributed by atoms with Crippen molar-refractivity contribution in [2.45, 2.75) is 25.9 Å². The summed E-state index contributed by atoms with van der Waals surface area (Å²) in [6.45, 7) is 4.64. The fourth-order valence-corrected chi connectivity index (χ4v) is 2.09. The van der Waals surface area contributed by atoms with E-state index in [4.69, 9.17) is 5.73 Å². The molecule has 1 atom stereocenters. The Hall–Kier alpha value is -1.64. The summed E-state index contributed by atoms with van der Waals surface area (Å²) >= 11 is 0. The molecule has 0 amide bonds. The molecule has 0 aromatic heterocycles. The highest BCUT2D eigenvalue weighted by atomic mass is 16.3. The van der Waals surface area contributed by atoms with Gasteiger partial charge in [-0.1, -0.05) is 62.4 Å². The van der Waals surface area contributed by atoms with E-state index >= 15 is 0 Å². The van der Waals surface area contributed by atoms with Crippen LogP contribution in [0.15, 0.2) is 48.5 Å². The summed E-state index contributed by atoms with van der Waals surface area (Å²) in [5.74, 6) is 0.552. The maximum atomic E-state index is 9.66. The first-order valence-corrected chi connectivity index (χ1v) is 6.70. The van der Waals surface area contributed by atoms with Gasteiger partial charge in [0.1, 0.15) is 0 Å². The molecule has 0 saturated carbocycles. The lowest BCUT2D eigenvalue weighted by Gasteiger charge is -2.10. The van der Waals surface area contributed by atoms with Gasteiger partial charge in [0.2, 0.25) is 0 Å². The molecule has 0 saturated heterocycles. The van der Waals surface area contributed by atoms with E-state index in [0.717, 1.165) is 11.1 Å². The molecule has 0 aliphatic heterocycles. The second-order valence-electron chi connectivity index (χ2n) is 5.15. The van der Waals surface area contributed by atoms with Crippen molar-refractivity contribution in [3.8, 4) is 11.1 Å². The SMILES string of the molecule is CC(C)c1ccc(-c2ccc(C(O)CN)cc2)cc1. The maximum Gasteiger partial charge on any atom is 0.0912 e. The van der Waals surface area contributed by atoms with Crippen LogP contribution in [0.25, 0.3) is 11.1 Å². The molecule has 100 valence electrons. The fourth-order valence-electron chi connectivity index (χ4n) is 2.09. The average Bonchev–Trinajstić information content (AvgIpc) is 2.46. The molecule has 0 spiro atoms. The van der Waals surface area contributed by atoms with E-state index in [2.05, 4.69) is 38.1 Å². The second-order valence-corrected chi connectivity index (χ2v) is 5.15. The lowest BCUT2D eigenvalue weighted by molar-refractivity contribution is 0.187. The summed E-state index contributed by atoms with van der Waals surface area (Å²) in [6, 6.07) is 16.5. The van der Waals surface area contributed by atoms with Crippen LogP contribution in [0.3, 0.4) is 0 Å². The highest BCUT2D eigenvalue weighted by molar-refractivity contribution is 5.64. The van der Waals surface area contributed by atoms with Gasteiger partial charge in [-0.15, -0.1) is 0 Å². The molecule has 19 heavy (non-hydrogen) atoms. The van der Waals surface area contributed by atoms with Crippen LogP contribution in [-0.2, 0) is 0 Å². The van der Waals surface area contributed by atoms with Gasteiger partial charge in [-0.05, 0) is 28.2 Å². The molecule has 0 heterocycles. The van der Waals surface area contributed by atoms with Crippen molar-refractivity contribution in [3.63, 3.8) is 0 Å². The molecule has 0 bridgehead atoms. The van der Waals surface area contributed by atoms with E-state index in [-0.39, 0.29) is 6.54 Å². The Bertz CT molecular complexity index is 514. The van der Waals surface area contributed by atoms with Crippen LogP contribution in [0.2, 0.25) is 0 Å². The Morgan fingerprint density at radius 2 is 1.26 bits per heavy atom. The molecular formula is C17H21NO. The largest absolute Gasteiger partial charge is 0.387 e. The number of hydrogen-bond donors (Lipinski definition) is 2. The molecule has 2 aromatic rings. The van der Waals surface area contributed by atoms with Gasteiger partial charge in [-0.3, -0.25) is 0 Å². The first-order chi connectivity index (χ1) is 9.11. The van der Waals surface area contributed by atoms with Crippen LogP contribution in [0.5, 0.6) is 0 Å². The van der Waals surface area contributed by atoms with Crippen molar-refractivity contribution >= 4 is 0 Å². The summed E-state index contributed by atoms with van der Waals surface area (Å²) in [5.41, 5.74) is 10.0. The van der Waals surface area contributed by atoms with Gasteiger partial charge in [0.05, 0.1) is 6.10 Å². The minimum absolute atomic E-state index is 0.252. The monoisotopic (exact) mass is 255 g/mol. The molecule has 0 aliphatic carbocycles. The normalized spacial score (nSPS) is 12.7. The van der Waals surface area contributed by atoms with E-state index in [9.17, 15) is 5.11 Å². The summed E-state index contributed by atoms with van der Waals surface area (Å²) in [4.78, 5) is 0. The van der Waals surface area contributed by atoms with Gasteiger partial charge >= 0.3 is 0 Å². The molecular weight excluding hydrogens is 234 g/mol. The van der Waals surface area contributed by atoms with Gasteiger partial charge in [0.25, 0.3) is 0 Å². The predicted octanol–water partition coefficient (Wildman–Crippen LogP) is 3.47. The van der Waals surface area contributed by atoms with Crippen molar-refractivity contribution in [1.82, 2.24) is 0 Å². The molecule has 2 rings (SSSR count). The van der Waals surface area contributed by atoms with Crippen LogP contribution >= 0.6 is 0 Å². The van der Waals surface area contributed by atoms with Gasteiger partial charge in [0, 0.05) is 6.54 Å². The third kappa shape index (κ3) is 3.22. The minimum atomic E-state index is -0.572. The zero-order chi connectivity index (χ0) is 13.8. The third-order valence-electron chi connectivity index (χ3n) is 3.43. The third-order valence-corrected chi connectivity index (χ3v) is 3.43. The zero-order valence-corrected chi connectivity index (χ0v) is 11.5. The second kappa shape index (κ2) is 6.00.